The molecular weight excluding hydrogens is 305 g/mol. The summed E-state index contributed by atoms with van der Waals surface area (Å²) in [5.74, 6) is 0.0630. The number of nitrogens with zero attached hydrogens (tertiary/aromatic N) is 2. The number of aromatic nitrogens is 1. The van der Waals surface area contributed by atoms with Crippen LogP contribution in [0.2, 0.25) is 0 Å². The molecule has 1 aliphatic rings. The molecule has 22 heavy (non-hydrogen) atoms. The summed E-state index contributed by atoms with van der Waals surface area (Å²) in [5.41, 5.74) is 0.104. The minimum absolute atomic E-state index is 0.0630. The van der Waals surface area contributed by atoms with Crippen LogP contribution in [-0.2, 0) is 15.1 Å². The number of hydrogen-bond donors (Lipinski definition) is 1. The number of anilines is 1. The van der Waals surface area contributed by atoms with Gasteiger partial charge in [-0.15, -0.1) is 11.3 Å². The topological polar surface area (TPSA) is 46.6 Å². The van der Waals surface area contributed by atoms with Gasteiger partial charge in [0.15, 0.2) is 10.9 Å². The van der Waals surface area contributed by atoms with Gasteiger partial charge >= 0.3 is 0 Å². The van der Waals surface area contributed by atoms with E-state index in [9.17, 15) is 4.53 Å². The Kier molecular flexibility index (Phi) is 5.41. The molecule has 124 valence electrons. The summed E-state index contributed by atoms with van der Waals surface area (Å²) in [6, 6.07) is 0.358. The maximum absolute atomic E-state index is 12.5. The zero-order valence-corrected chi connectivity index (χ0v) is 14.4. The van der Waals surface area contributed by atoms with E-state index in [1.807, 2.05) is 26.3 Å². The van der Waals surface area contributed by atoms with Gasteiger partial charge in [0.2, 0.25) is 0 Å². The second kappa shape index (κ2) is 6.93. The number of halogens is 1. The molecule has 1 unspecified atom stereocenters. The highest BCUT2D eigenvalue weighted by atomic mass is 32.1. The van der Waals surface area contributed by atoms with Crippen LogP contribution in [0.15, 0.2) is 17.7 Å². The first-order chi connectivity index (χ1) is 10.4. The Bertz CT molecular complexity index is 521. The van der Waals surface area contributed by atoms with Crippen LogP contribution in [0.3, 0.4) is 0 Å². The van der Waals surface area contributed by atoms with Gasteiger partial charge in [0.05, 0.1) is 17.2 Å². The van der Waals surface area contributed by atoms with Gasteiger partial charge in [-0.2, -0.15) is 0 Å². The van der Waals surface area contributed by atoms with Crippen LogP contribution in [0.4, 0.5) is 9.66 Å². The van der Waals surface area contributed by atoms with E-state index in [1.54, 1.807) is 18.4 Å². The second-order valence-electron chi connectivity index (χ2n) is 6.04. The van der Waals surface area contributed by atoms with Crippen molar-refractivity contribution in [1.82, 2.24) is 10.3 Å². The lowest BCUT2D eigenvalue weighted by Crippen LogP contribution is -2.52. The van der Waals surface area contributed by atoms with E-state index in [2.05, 4.69) is 26.7 Å². The molecule has 0 saturated carbocycles. The minimum atomic E-state index is -0.659. The van der Waals surface area contributed by atoms with Gasteiger partial charge in [-0.3, -0.25) is 4.94 Å². The quantitative estimate of drug-likeness (QED) is 0.813. The maximum Gasteiger partial charge on any atom is 0.185 e. The molecule has 1 aromatic heterocycles. The Morgan fingerprint density at radius 3 is 2.91 bits per heavy atom. The first-order valence-corrected chi connectivity index (χ1v) is 8.21. The van der Waals surface area contributed by atoms with Gasteiger partial charge in [-0.25, -0.2) is 4.98 Å². The number of likely N-dealkylation sites (N-methyl/N-ethyl adjacent to an activating group) is 1. The summed E-state index contributed by atoms with van der Waals surface area (Å²) in [6.45, 7) is 9.01. The lowest BCUT2D eigenvalue weighted by Gasteiger charge is -2.37. The molecule has 1 aromatic rings. The third kappa shape index (κ3) is 3.26. The Hall–Kier alpha value is -1.18. The van der Waals surface area contributed by atoms with Gasteiger partial charge in [-0.05, 0) is 27.3 Å². The van der Waals surface area contributed by atoms with Gasteiger partial charge in [0.25, 0.3) is 0 Å². The lowest BCUT2D eigenvalue weighted by molar-refractivity contribution is -0.0966. The summed E-state index contributed by atoms with van der Waals surface area (Å²) < 4.78 is 18.0. The normalized spacial score (nSPS) is 22.7. The van der Waals surface area contributed by atoms with Crippen LogP contribution >= 0.6 is 11.3 Å². The lowest BCUT2D eigenvalue weighted by atomic mass is 9.88. The van der Waals surface area contributed by atoms with Crippen LogP contribution < -0.4 is 10.2 Å². The average Bonchev–Trinajstić information content (AvgIpc) is 3.03. The molecule has 7 heteroatoms. The summed E-state index contributed by atoms with van der Waals surface area (Å²) in [4.78, 5) is 10.7. The standard InChI is InChI=1S/C15H24FN3O2S/c1-10(21-16)15(2,3)13-9-22-14(18-13)19-7-6-11(17-4)12(8-19)20-5/h9,11-12,17H,1,6-8H2,2-5H3/t11?,12-/m0/s1. The third-order valence-electron chi connectivity index (χ3n) is 4.43. The molecule has 0 spiro atoms. The number of methoxy groups -OCH3 is 1. The molecule has 2 rings (SSSR count). The SMILES string of the molecule is C=C(OF)C(C)(C)c1csc(N2CCC(NC)[C@@H](OC)C2)n1. The summed E-state index contributed by atoms with van der Waals surface area (Å²) in [7, 11) is 3.69. The molecule has 0 aliphatic carbocycles. The smallest absolute Gasteiger partial charge is 0.185 e. The van der Waals surface area contributed by atoms with Crippen LogP contribution in [0.5, 0.6) is 0 Å². The van der Waals surface area contributed by atoms with Crippen molar-refractivity contribution in [1.29, 1.82) is 0 Å². The van der Waals surface area contributed by atoms with E-state index >= 15 is 0 Å². The van der Waals surface area contributed by atoms with Gasteiger partial charge in [0, 0.05) is 36.1 Å². The Morgan fingerprint density at radius 2 is 2.32 bits per heavy atom. The predicted molar refractivity (Wildman–Crippen MR) is 86.9 cm³/mol. The minimum Gasteiger partial charge on any atom is -0.378 e. The van der Waals surface area contributed by atoms with Crippen molar-refractivity contribution in [3.05, 3.63) is 23.4 Å². The molecule has 1 fully saturated rings. The van der Waals surface area contributed by atoms with E-state index in [-0.39, 0.29) is 11.9 Å². The number of ether oxygens (including phenoxy) is 1. The van der Waals surface area contributed by atoms with Crippen molar-refractivity contribution in [3.8, 4) is 0 Å². The summed E-state index contributed by atoms with van der Waals surface area (Å²) >= 11 is 1.55. The van der Waals surface area contributed by atoms with E-state index < -0.39 is 5.41 Å². The Balaban J connectivity index is 2.13. The van der Waals surface area contributed by atoms with Gasteiger partial charge in [-0.1, -0.05) is 6.58 Å². The predicted octanol–water partition coefficient (Wildman–Crippen LogP) is 2.65. The largest absolute Gasteiger partial charge is 0.378 e. The molecule has 1 N–H and O–H groups in total. The first-order valence-electron chi connectivity index (χ1n) is 7.33. The maximum atomic E-state index is 12.5. The molecule has 0 amide bonds. The molecule has 2 heterocycles. The molecule has 2 atom stereocenters. The zero-order valence-electron chi connectivity index (χ0n) is 13.6. The van der Waals surface area contributed by atoms with Crippen molar-refractivity contribution in [2.75, 3.05) is 32.1 Å². The number of allylic oxidation sites excluding steroid dienone is 1. The van der Waals surface area contributed by atoms with Crippen molar-refractivity contribution in [2.45, 2.75) is 37.8 Å². The number of rotatable bonds is 6. The average molecular weight is 329 g/mol. The third-order valence-corrected chi connectivity index (χ3v) is 5.33. The Labute approximate surface area is 135 Å². The highest BCUT2D eigenvalue weighted by Gasteiger charge is 2.33. The Morgan fingerprint density at radius 1 is 1.59 bits per heavy atom. The molecule has 0 aromatic carbocycles. The summed E-state index contributed by atoms with van der Waals surface area (Å²) in [5, 5.41) is 6.15. The van der Waals surface area contributed by atoms with Crippen LogP contribution in [0.1, 0.15) is 26.0 Å². The second-order valence-corrected chi connectivity index (χ2v) is 6.88. The van der Waals surface area contributed by atoms with E-state index in [4.69, 9.17) is 4.74 Å². The molecule has 1 aliphatic heterocycles. The molecular formula is C15H24FN3O2S. The highest BCUT2D eigenvalue weighted by molar-refractivity contribution is 7.13. The molecule has 0 radical (unpaired) electrons. The number of piperidine rings is 1. The molecule has 1 saturated heterocycles. The van der Waals surface area contributed by atoms with Crippen LogP contribution in [-0.4, -0.2) is 44.4 Å². The summed E-state index contributed by atoms with van der Waals surface area (Å²) in [6.07, 6.45) is 1.12. The molecule has 5 nitrogen and oxygen atoms in total. The van der Waals surface area contributed by atoms with Crippen LogP contribution in [0.25, 0.3) is 0 Å². The van der Waals surface area contributed by atoms with Crippen molar-refractivity contribution in [3.63, 3.8) is 0 Å². The highest BCUT2D eigenvalue weighted by Crippen LogP contribution is 2.35. The molecule has 0 bridgehead atoms. The number of hydrogen-bond acceptors (Lipinski definition) is 6. The van der Waals surface area contributed by atoms with Gasteiger partial charge in [0.1, 0.15) is 0 Å². The van der Waals surface area contributed by atoms with Crippen molar-refractivity contribution in [2.24, 2.45) is 0 Å². The zero-order chi connectivity index (χ0) is 16.3. The monoisotopic (exact) mass is 329 g/mol. The van der Waals surface area contributed by atoms with Crippen molar-refractivity contribution >= 4 is 16.5 Å². The fourth-order valence-electron chi connectivity index (χ4n) is 2.60. The van der Waals surface area contributed by atoms with Gasteiger partial charge < -0.3 is 15.0 Å². The van der Waals surface area contributed by atoms with E-state index in [0.29, 0.717) is 6.04 Å². The number of thiazole rings is 1. The van der Waals surface area contributed by atoms with Crippen LogP contribution in [0, 0.1) is 0 Å². The van der Waals surface area contributed by atoms with E-state index in [0.717, 1.165) is 30.3 Å². The fraction of sp³-hybridized carbons (Fsp3) is 0.667. The number of nitrogens with one attached hydrogen (secondary N) is 1. The van der Waals surface area contributed by atoms with Crippen molar-refractivity contribution < 1.29 is 14.2 Å². The fourth-order valence-corrected chi connectivity index (χ4v) is 3.63. The van der Waals surface area contributed by atoms with E-state index in [1.165, 1.54) is 0 Å². The first kappa shape index (κ1) is 17.2.